The smallest absolute Gasteiger partial charge is 0.0700 e. The topological polar surface area (TPSA) is 66.3 Å². The molecule has 1 rings (SSSR count). The first-order valence-electron chi connectivity index (χ1n) is 12.6. The number of hydrogen-bond acceptors (Lipinski definition) is 6. The van der Waals surface area contributed by atoms with Crippen molar-refractivity contribution in [3.63, 3.8) is 0 Å². The average Bonchev–Trinajstić information content (AvgIpc) is 2.80. The first-order chi connectivity index (χ1) is 15.3. The maximum atomic E-state index is 5.63. The van der Waals surface area contributed by atoms with E-state index in [1.807, 2.05) is 55.5 Å². The van der Waals surface area contributed by atoms with Crippen molar-refractivity contribution in [2.75, 3.05) is 80.0 Å². The maximum absolute atomic E-state index is 5.63. The summed E-state index contributed by atoms with van der Waals surface area (Å²) in [7, 11) is 3.71. The van der Waals surface area contributed by atoms with Crippen LogP contribution in [-0.2, 0) is 51.7 Å². The fourth-order valence-corrected chi connectivity index (χ4v) is 2.59. The first kappa shape index (κ1) is 40.0. The van der Waals surface area contributed by atoms with Gasteiger partial charge in [-0.1, -0.05) is 54.9 Å². The molecule has 8 heteroatoms. The number of likely N-dealkylation sites (N-methyl/N-ethyl adjacent to an activating group) is 1. The van der Waals surface area contributed by atoms with Gasteiger partial charge in [-0.25, -0.2) is 0 Å². The summed E-state index contributed by atoms with van der Waals surface area (Å²) in [5.41, 5.74) is 0. The Labute approximate surface area is 226 Å². The van der Waals surface area contributed by atoms with E-state index in [1.165, 1.54) is 0 Å². The van der Waals surface area contributed by atoms with Crippen LogP contribution in [0.3, 0.4) is 0 Å². The van der Waals surface area contributed by atoms with Crippen LogP contribution in [0.4, 0.5) is 0 Å². The summed E-state index contributed by atoms with van der Waals surface area (Å²) >= 11 is 0. The molecule has 0 amide bonds. The molecule has 1 aliphatic rings. The van der Waals surface area contributed by atoms with Crippen LogP contribution in [0.2, 0.25) is 0 Å². The molecule has 0 bridgehead atoms. The van der Waals surface area contributed by atoms with Gasteiger partial charge in [0.15, 0.2) is 0 Å². The van der Waals surface area contributed by atoms with E-state index < -0.39 is 0 Å². The van der Waals surface area contributed by atoms with E-state index in [9.17, 15) is 0 Å². The van der Waals surface area contributed by atoms with Crippen molar-refractivity contribution >= 4 is 0 Å². The number of likely N-dealkylation sites (tertiary alicyclic amines) is 1. The van der Waals surface area contributed by atoms with Crippen molar-refractivity contribution in [3.8, 4) is 0 Å². The van der Waals surface area contributed by atoms with Crippen molar-refractivity contribution in [2.24, 2.45) is 0 Å². The number of methoxy groups -OCH3 is 1. The predicted molar refractivity (Wildman–Crippen MR) is 134 cm³/mol. The Balaban J connectivity index is -0.000000514. The zero-order valence-corrected chi connectivity index (χ0v) is 25.8. The van der Waals surface area contributed by atoms with Crippen LogP contribution in [0.15, 0.2) is 0 Å². The SMILES string of the molecule is CC.CC.CC.CNC1CN(CCCOCCOC(C)[N-]CCCCOCCOC)C1.[Y]. The van der Waals surface area contributed by atoms with E-state index in [0.717, 1.165) is 58.7 Å². The van der Waals surface area contributed by atoms with Gasteiger partial charge in [0.05, 0.1) is 26.4 Å². The van der Waals surface area contributed by atoms with Gasteiger partial charge in [-0.3, -0.25) is 0 Å². The molecule has 1 radical (unpaired) electrons. The molecular weight excluding hydrogens is 483 g/mol. The van der Waals surface area contributed by atoms with E-state index in [1.54, 1.807) is 7.11 Å². The zero-order valence-electron chi connectivity index (χ0n) is 23.0. The third-order valence-corrected chi connectivity index (χ3v) is 4.23. The van der Waals surface area contributed by atoms with Gasteiger partial charge in [0.25, 0.3) is 0 Å². The molecule has 1 atom stereocenters. The van der Waals surface area contributed by atoms with Crippen LogP contribution in [0.5, 0.6) is 0 Å². The second-order valence-corrected chi connectivity index (χ2v) is 6.40. The fourth-order valence-electron chi connectivity index (χ4n) is 2.59. The molecular formula is C24H56N3O4Y-. The Morgan fingerprint density at radius 3 is 1.97 bits per heavy atom. The van der Waals surface area contributed by atoms with Crippen molar-refractivity contribution in [3.05, 3.63) is 5.32 Å². The standard InChI is InChI=1S/C18H38N3O4.3C2H6.Y/c1-17(20-7-4-5-9-23-12-11-22-3)25-14-13-24-10-6-8-21-15-18(16-21)19-2;3*1-2;/h17-19H,4-16H2,1-3H3;3*1-2H3;/q-1;;;;. The van der Waals surface area contributed by atoms with E-state index >= 15 is 0 Å². The third-order valence-electron chi connectivity index (χ3n) is 4.23. The van der Waals surface area contributed by atoms with Crippen molar-refractivity contribution in [1.29, 1.82) is 0 Å². The number of hydrogen-bond donors (Lipinski definition) is 1. The third kappa shape index (κ3) is 28.9. The minimum absolute atomic E-state index is 0. The maximum Gasteiger partial charge on any atom is 0.0700 e. The van der Waals surface area contributed by atoms with Crippen LogP contribution < -0.4 is 5.32 Å². The molecule has 0 aliphatic carbocycles. The van der Waals surface area contributed by atoms with E-state index in [0.29, 0.717) is 32.5 Å². The summed E-state index contributed by atoms with van der Waals surface area (Å²) in [6, 6.07) is 0.683. The molecule has 195 valence electrons. The van der Waals surface area contributed by atoms with Crippen molar-refractivity contribution < 1.29 is 51.7 Å². The van der Waals surface area contributed by atoms with Crippen molar-refractivity contribution in [2.45, 2.75) is 80.0 Å². The molecule has 0 spiro atoms. The summed E-state index contributed by atoms with van der Waals surface area (Å²) in [4.78, 5) is 2.45. The molecule has 7 nitrogen and oxygen atoms in total. The zero-order chi connectivity index (χ0) is 24.2. The van der Waals surface area contributed by atoms with Gasteiger partial charge in [0.1, 0.15) is 0 Å². The normalized spacial score (nSPS) is 13.8. The molecule has 32 heavy (non-hydrogen) atoms. The molecule has 1 saturated heterocycles. The van der Waals surface area contributed by atoms with Crippen LogP contribution >= 0.6 is 0 Å². The number of unbranched alkanes of at least 4 members (excludes halogenated alkanes) is 1. The molecule has 1 heterocycles. The van der Waals surface area contributed by atoms with Gasteiger partial charge in [0.2, 0.25) is 0 Å². The monoisotopic (exact) mass is 539 g/mol. The molecule has 1 aliphatic heterocycles. The van der Waals surface area contributed by atoms with Crippen LogP contribution in [-0.4, -0.2) is 97.1 Å². The molecule has 0 aromatic rings. The predicted octanol–water partition coefficient (Wildman–Crippen LogP) is 4.55. The van der Waals surface area contributed by atoms with Gasteiger partial charge >= 0.3 is 0 Å². The Bertz CT molecular complexity index is 300. The summed E-state index contributed by atoms with van der Waals surface area (Å²) in [5.74, 6) is 0. The minimum atomic E-state index is -0.0578. The number of rotatable bonds is 18. The summed E-state index contributed by atoms with van der Waals surface area (Å²) < 4.78 is 21.6. The second kappa shape index (κ2) is 36.4. The Kier molecular flexibility index (Phi) is 45.5. The molecule has 1 N–H and O–H groups in total. The average molecular weight is 540 g/mol. The van der Waals surface area contributed by atoms with E-state index in [2.05, 4.69) is 15.5 Å². The van der Waals surface area contributed by atoms with Crippen LogP contribution in [0.25, 0.3) is 5.32 Å². The quantitative estimate of drug-likeness (QED) is 0.258. The molecule has 0 aromatic carbocycles. The Morgan fingerprint density at radius 1 is 0.844 bits per heavy atom. The van der Waals surface area contributed by atoms with Gasteiger partial charge in [-0.05, 0) is 26.1 Å². The molecule has 1 unspecified atom stereocenters. The fraction of sp³-hybridized carbons (Fsp3) is 1.00. The minimum Gasteiger partial charge on any atom is -0.637 e. The number of ether oxygens (including phenoxy) is 4. The molecule has 1 fully saturated rings. The molecule has 0 aromatic heterocycles. The van der Waals surface area contributed by atoms with Gasteiger partial charge in [-0.15, -0.1) is 6.54 Å². The van der Waals surface area contributed by atoms with Gasteiger partial charge < -0.3 is 34.5 Å². The van der Waals surface area contributed by atoms with E-state index in [-0.39, 0.29) is 38.9 Å². The van der Waals surface area contributed by atoms with Gasteiger partial charge in [-0.2, -0.15) is 0 Å². The Morgan fingerprint density at radius 2 is 1.41 bits per heavy atom. The number of nitrogens with one attached hydrogen (secondary N) is 1. The second-order valence-electron chi connectivity index (χ2n) is 6.40. The van der Waals surface area contributed by atoms with Crippen molar-refractivity contribution in [1.82, 2.24) is 10.2 Å². The summed E-state index contributed by atoms with van der Waals surface area (Å²) in [5, 5.41) is 7.76. The van der Waals surface area contributed by atoms with E-state index in [4.69, 9.17) is 18.9 Å². The first-order valence-corrected chi connectivity index (χ1v) is 12.6. The molecule has 0 saturated carbocycles. The van der Waals surface area contributed by atoms with Crippen LogP contribution in [0.1, 0.15) is 67.7 Å². The summed E-state index contributed by atoms with van der Waals surface area (Å²) in [6.07, 6.45) is 3.08. The van der Waals surface area contributed by atoms with Gasteiger partial charge in [0, 0.05) is 78.7 Å². The summed E-state index contributed by atoms with van der Waals surface area (Å²) in [6.45, 7) is 22.4. The Hall–Kier alpha value is 0.824. The largest absolute Gasteiger partial charge is 0.637 e. The van der Waals surface area contributed by atoms with Crippen LogP contribution in [0, 0.1) is 0 Å². The number of nitrogens with zero attached hydrogens (tertiary/aromatic N) is 2.